The summed E-state index contributed by atoms with van der Waals surface area (Å²) in [5.41, 5.74) is 1.04. The van der Waals surface area contributed by atoms with Gasteiger partial charge in [0.2, 0.25) is 0 Å². The average Bonchev–Trinajstić information content (AvgIpc) is 2.71. The zero-order valence-electron chi connectivity index (χ0n) is 10.3. The summed E-state index contributed by atoms with van der Waals surface area (Å²) >= 11 is 1.67. The SMILES string of the molecule is CCCCOc1ccc2nc(NCC)sc2c1. The fourth-order valence-electron chi connectivity index (χ4n) is 1.56. The number of ether oxygens (including phenoxy) is 1. The molecule has 2 aromatic rings. The van der Waals surface area contributed by atoms with Crippen LogP contribution in [0.25, 0.3) is 10.2 Å². The van der Waals surface area contributed by atoms with E-state index in [0.717, 1.165) is 42.4 Å². The second-order valence-corrected chi connectivity index (χ2v) is 4.91. The van der Waals surface area contributed by atoms with Crippen molar-refractivity contribution in [3.63, 3.8) is 0 Å². The van der Waals surface area contributed by atoms with Crippen molar-refractivity contribution in [2.75, 3.05) is 18.5 Å². The molecule has 0 amide bonds. The van der Waals surface area contributed by atoms with Gasteiger partial charge in [0.1, 0.15) is 5.75 Å². The third kappa shape index (κ3) is 3.09. The van der Waals surface area contributed by atoms with Gasteiger partial charge in [-0.3, -0.25) is 0 Å². The van der Waals surface area contributed by atoms with Gasteiger partial charge in [-0.1, -0.05) is 24.7 Å². The van der Waals surface area contributed by atoms with Gasteiger partial charge < -0.3 is 10.1 Å². The maximum absolute atomic E-state index is 5.68. The van der Waals surface area contributed by atoms with Crippen LogP contribution in [-0.2, 0) is 0 Å². The molecule has 0 saturated carbocycles. The summed E-state index contributed by atoms with van der Waals surface area (Å²) in [5.74, 6) is 0.942. The molecule has 2 rings (SSSR count). The largest absolute Gasteiger partial charge is 0.494 e. The number of benzene rings is 1. The molecule has 4 heteroatoms. The first-order valence-corrected chi connectivity index (χ1v) is 6.92. The number of unbranched alkanes of at least 4 members (excludes halogenated alkanes) is 1. The number of hydrogen-bond acceptors (Lipinski definition) is 4. The predicted molar refractivity (Wildman–Crippen MR) is 74.2 cm³/mol. The molecule has 92 valence electrons. The highest BCUT2D eigenvalue weighted by Gasteiger charge is 2.04. The van der Waals surface area contributed by atoms with Crippen LogP contribution in [0, 0.1) is 0 Å². The van der Waals surface area contributed by atoms with Crippen molar-refractivity contribution in [2.45, 2.75) is 26.7 Å². The Kier molecular flexibility index (Phi) is 4.20. The molecular weight excluding hydrogens is 232 g/mol. The summed E-state index contributed by atoms with van der Waals surface area (Å²) in [4.78, 5) is 4.49. The van der Waals surface area contributed by atoms with E-state index in [0.29, 0.717) is 0 Å². The number of anilines is 1. The lowest BCUT2D eigenvalue weighted by atomic mass is 10.3. The molecule has 0 unspecified atom stereocenters. The van der Waals surface area contributed by atoms with E-state index >= 15 is 0 Å². The Bertz CT molecular complexity index is 481. The number of nitrogens with zero attached hydrogens (tertiary/aromatic N) is 1. The topological polar surface area (TPSA) is 34.1 Å². The third-order valence-electron chi connectivity index (χ3n) is 2.45. The number of thiazole rings is 1. The molecule has 17 heavy (non-hydrogen) atoms. The van der Waals surface area contributed by atoms with Crippen LogP contribution in [0.5, 0.6) is 5.75 Å². The number of nitrogens with one attached hydrogen (secondary N) is 1. The number of hydrogen-bond donors (Lipinski definition) is 1. The Morgan fingerprint density at radius 3 is 3.00 bits per heavy atom. The summed E-state index contributed by atoms with van der Waals surface area (Å²) < 4.78 is 6.86. The van der Waals surface area contributed by atoms with E-state index in [4.69, 9.17) is 4.74 Å². The van der Waals surface area contributed by atoms with E-state index < -0.39 is 0 Å². The van der Waals surface area contributed by atoms with Crippen molar-refractivity contribution in [2.24, 2.45) is 0 Å². The maximum atomic E-state index is 5.68. The molecule has 1 heterocycles. The lowest BCUT2D eigenvalue weighted by Gasteiger charge is -2.04. The monoisotopic (exact) mass is 250 g/mol. The molecule has 0 fully saturated rings. The molecule has 0 aliphatic rings. The standard InChI is InChI=1S/C13H18N2OS/c1-3-5-8-16-10-6-7-11-12(9-10)17-13(15-11)14-4-2/h6-7,9H,3-5,8H2,1-2H3,(H,14,15). The lowest BCUT2D eigenvalue weighted by Crippen LogP contribution is -1.95. The van der Waals surface area contributed by atoms with Crippen molar-refractivity contribution in [1.82, 2.24) is 4.98 Å². The third-order valence-corrected chi connectivity index (χ3v) is 3.43. The normalized spacial score (nSPS) is 10.7. The van der Waals surface area contributed by atoms with Gasteiger partial charge in [0.25, 0.3) is 0 Å². The number of rotatable bonds is 6. The maximum Gasteiger partial charge on any atom is 0.183 e. The van der Waals surface area contributed by atoms with Crippen molar-refractivity contribution >= 4 is 26.7 Å². The van der Waals surface area contributed by atoms with Crippen LogP contribution in [0.3, 0.4) is 0 Å². The van der Waals surface area contributed by atoms with Crippen LogP contribution < -0.4 is 10.1 Å². The highest BCUT2D eigenvalue weighted by atomic mass is 32.1. The predicted octanol–water partition coefficient (Wildman–Crippen LogP) is 3.91. The first-order valence-electron chi connectivity index (χ1n) is 6.10. The minimum Gasteiger partial charge on any atom is -0.494 e. The summed E-state index contributed by atoms with van der Waals surface area (Å²) in [6, 6.07) is 6.09. The molecule has 0 bridgehead atoms. The van der Waals surface area contributed by atoms with E-state index in [1.807, 2.05) is 12.1 Å². The lowest BCUT2D eigenvalue weighted by molar-refractivity contribution is 0.310. The highest BCUT2D eigenvalue weighted by Crippen LogP contribution is 2.29. The smallest absolute Gasteiger partial charge is 0.183 e. The Morgan fingerprint density at radius 2 is 2.24 bits per heavy atom. The van der Waals surface area contributed by atoms with Crippen LogP contribution >= 0.6 is 11.3 Å². The molecule has 0 spiro atoms. The second kappa shape index (κ2) is 5.87. The summed E-state index contributed by atoms with van der Waals surface area (Å²) in [5, 5.41) is 4.22. The van der Waals surface area contributed by atoms with E-state index in [9.17, 15) is 0 Å². The number of aromatic nitrogens is 1. The van der Waals surface area contributed by atoms with Crippen molar-refractivity contribution in [3.8, 4) is 5.75 Å². The summed E-state index contributed by atoms with van der Waals surface area (Å²) in [6.07, 6.45) is 2.26. The van der Waals surface area contributed by atoms with Crippen molar-refractivity contribution in [3.05, 3.63) is 18.2 Å². The van der Waals surface area contributed by atoms with Crippen LogP contribution in [0.2, 0.25) is 0 Å². The quantitative estimate of drug-likeness (QED) is 0.789. The van der Waals surface area contributed by atoms with Gasteiger partial charge in [-0.25, -0.2) is 4.98 Å². The Hall–Kier alpha value is -1.29. The Balaban J connectivity index is 2.12. The second-order valence-electron chi connectivity index (χ2n) is 3.88. The van der Waals surface area contributed by atoms with Crippen LogP contribution in [-0.4, -0.2) is 18.1 Å². The van der Waals surface area contributed by atoms with E-state index in [1.54, 1.807) is 11.3 Å². The Morgan fingerprint density at radius 1 is 1.35 bits per heavy atom. The fourth-order valence-corrected chi connectivity index (χ4v) is 2.52. The highest BCUT2D eigenvalue weighted by molar-refractivity contribution is 7.22. The van der Waals surface area contributed by atoms with Gasteiger partial charge in [0.15, 0.2) is 5.13 Å². The first kappa shape index (κ1) is 12.2. The molecule has 0 radical (unpaired) electrons. The molecule has 0 aliphatic heterocycles. The summed E-state index contributed by atoms with van der Waals surface area (Å²) in [7, 11) is 0. The molecular formula is C13H18N2OS. The zero-order valence-corrected chi connectivity index (χ0v) is 11.1. The van der Waals surface area contributed by atoms with Gasteiger partial charge in [-0.05, 0) is 31.5 Å². The molecule has 1 aromatic heterocycles. The van der Waals surface area contributed by atoms with Crippen LogP contribution in [0.1, 0.15) is 26.7 Å². The van der Waals surface area contributed by atoms with Gasteiger partial charge >= 0.3 is 0 Å². The van der Waals surface area contributed by atoms with E-state index in [-0.39, 0.29) is 0 Å². The molecule has 1 N–H and O–H groups in total. The van der Waals surface area contributed by atoms with Gasteiger partial charge in [-0.15, -0.1) is 0 Å². The van der Waals surface area contributed by atoms with E-state index in [1.165, 1.54) is 4.70 Å². The zero-order chi connectivity index (χ0) is 12.1. The minimum atomic E-state index is 0.793. The Labute approximate surface area is 106 Å². The number of fused-ring (bicyclic) bond motifs is 1. The van der Waals surface area contributed by atoms with Gasteiger partial charge in [0, 0.05) is 6.54 Å². The van der Waals surface area contributed by atoms with Gasteiger partial charge in [0.05, 0.1) is 16.8 Å². The fraction of sp³-hybridized carbons (Fsp3) is 0.462. The van der Waals surface area contributed by atoms with Crippen LogP contribution in [0.15, 0.2) is 18.2 Å². The first-order chi connectivity index (χ1) is 8.33. The van der Waals surface area contributed by atoms with Crippen LogP contribution in [0.4, 0.5) is 5.13 Å². The summed E-state index contributed by atoms with van der Waals surface area (Å²) in [6.45, 7) is 5.93. The molecule has 1 aromatic carbocycles. The van der Waals surface area contributed by atoms with Crippen molar-refractivity contribution < 1.29 is 4.74 Å². The van der Waals surface area contributed by atoms with Gasteiger partial charge in [-0.2, -0.15) is 0 Å². The van der Waals surface area contributed by atoms with E-state index in [2.05, 4.69) is 30.2 Å². The average molecular weight is 250 g/mol. The molecule has 0 saturated heterocycles. The molecule has 0 aliphatic carbocycles. The van der Waals surface area contributed by atoms with Crippen molar-refractivity contribution in [1.29, 1.82) is 0 Å². The minimum absolute atomic E-state index is 0.793. The molecule has 3 nitrogen and oxygen atoms in total. The molecule has 0 atom stereocenters.